The summed E-state index contributed by atoms with van der Waals surface area (Å²) < 4.78 is 10.5. The zero-order valence-corrected chi connectivity index (χ0v) is 16.9. The van der Waals surface area contributed by atoms with Crippen LogP contribution in [0.3, 0.4) is 0 Å². The van der Waals surface area contributed by atoms with Crippen LogP contribution < -0.4 is 20.1 Å². The Hall–Kier alpha value is -3.31. The number of rotatable bonds is 8. The molecule has 0 saturated heterocycles. The maximum atomic E-state index is 12.3. The summed E-state index contributed by atoms with van der Waals surface area (Å²) >= 11 is 0. The molecule has 1 amide bonds. The fourth-order valence-corrected chi connectivity index (χ4v) is 3.05. The number of benzene rings is 3. The van der Waals surface area contributed by atoms with E-state index in [9.17, 15) is 4.79 Å². The number of carbonyl (C=O) groups is 1. The van der Waals surface area contributed by atoms with Crippen molar-refractivity contribution in [3.05, 3.63) is 78.4 Å². The first-order valence-corrected chi connectivity index (χ1v) is 9.51. The summed E-state index contributed by atoms with van der Waals surface area (Å²) in [7, 11) is 3.15. The molecule has 0 heterocycles. The van der Waals surface area contributed by atoms with E-state index in [-0.39, 0.29) is 18.5 Å². The Labute approximate surface area is 171 Å². The van der Waals surface area contributed by atoms with Gasteiger partial charge in [-0.15, -0.1) is 0 Å². The molecule has 0 bridgehead atoms. The lowest BCUT2D eigenvalue weighted by Gasteiger charge is -2.16. The van der Waals surface area contributed by atoms with Gasteiger partial charge in [-0.1, -0.05) is 54.6 Å². The first-order chi connectivity index (χ1) is 14.1. The molecule has 3 aromatic carbocycles. The molecular formula is C24H26N2O3. The van der Waals surface area contributed by atoms with Gasteiger partial charge < -0.3 is 20.1 Å². The molecule has 3 aromatic rings. The van der Waals surface area contributed by atoms with Gasteiger partial charge in [0, 0.05) is 12.1 Å². The zero-order chi connectivity index (χ0) is 20.6. The highest BCUT2D eigenvalue weighted by atomic mass is 16.5. The predicted molar refractivity (Wildman–Crippen MR) is 116 cm³/mol. The Bertz CT molecular complexity index is 940. The standard InChI is InChI=1S/C24H26N2O3/c1-17(18-9-11-20(12-10-18)19-7-5-4-6-8-19)25-16-24(27)26-22-14-13-21(28-2)15-23(22)29-3/h4-15,17,25H,16H2,1-3H3,(H,26,27)/t17-/m0/s1. The van der Waals surface area contributed by atoms with Crippen molar-refractivity contribution < 1.29 is 14.3 Å². The molecule has 0 radical (unpaired) electrons. The van der Waals surface area contributed by atoms with E-state index in [2.05, 4.69) is 47.0 Å². The SMILES string of the molecule is COc1ccc(NC(=O)CN[C@@H](C)c2ccc(-c3ccccc3)cc2)c(OC)c1. The van der Waals surface area contributed by atoms with Gasteiger partial charge in [0.15, 0.2) is 0 Å². The Morgan fingerprint density at radius 1 is 0.897 bits per heavy atom. The number of ether oxygens (including phenoxy) is 2. The first-order valence-electron chi connectivity index (χ1n) is 9.51. The van der Waals surface area contributed by atoms with Crippen LogP contribution in [0.1, 0.15) is 18.5 Å². The first kappa shape index (κ1) is 20.4. The summed E-state index contributed by atoms with van der Waals surface area (Å²) in [6.07, 6.45) is 0. The summed E-state index contributed by atoms with van der Waals surface area (Å²) in [5.41, 5.74) is 4.10. The van der Waals surface area contributed by atoms with Crippen molar-refractivity contribution >= 4 is 11.6 Å². The average molecular weight is 390 g/mol. The van der Waals surface area contributed by atoms with Gasteiger partial charge in [0.2, 0.25) is 5.91 Å². The molecule has 2 N–H and O–H groups in total. The zero-order valence-electron chi connectivity index (χ0n) is 16.9. The molecule has 0 aliphatic carbocycles. The number of anilines is 1. The molecule has 0 spiro atoms. The van der Waals surface area contributed by atoms with Gasteiger partial charge in [-0.3, -0.25) is 4.79 Å². The lowest BCUT2D eigenvalue weighted by atomic mass is 10.0. The third-order valence-electron chi connectivity index (χ3n) is 4.77. The third-order valence-corrected chi connectivity index (χ3v) is 4.77. The van der Waals surface area contributed by atoms with E-state index in [4.69, 9.17) is 9.47 Å². The van der Waals surface area contributed by atoms with E-state index in [1.165, 1.54) is 11.1 Å². The van der Waals surface area contributed by atoms with Crippen molar-refractivity contribution in [1.82, 2.24) is 5.32 Å². The normalized spacial score (nSPS) is 11.6. The van der Waals surface area contributed by atoms with Crippen LogP contribution in [0, 0.1) is 0 Å². The largest absolute Gasteiger partial charge is 0.497 e. The highest BCUT2D eigenvalue weighted by molar-refractivity contribution is 5.93. The van der Waals surface area contributed by atoms with Crippen molar-refractivity contribution in [3.8, 4) is 22.6 Å². The second kappa shape index (κ2) is 9.75. The summed E-state index contributed by atoms with van der Waals surface area (Å²) in [6, 6.07) is 24.0. The lowest BCUT2D eigenvalue weighted by Crippen LogP contribution is -2.30. The van der Waals surface area contributed by atoms with Gasteiger partial charge in [0.1, 0.15) is 11.5 Å². The summed E-state index contributed by atoms with van der Waals surface area (Å²) in [6.45, 7) is 2.23. The molecule has 5 nitrogen and oxygen atoms in total. The van der Waals surface area contributed by atoms with Crippen LogP contribution in [0.15, 0.2) is 72.8 Å². The van der Waals surface area contributed by atoms with Gasteiger partial charge in [-0.2, -0.15) is 0 Å². The minimum atomic E-state index is -0.138. The van der Waals surface area contributed by atoms with Gasteiger partial charge in [-0.05, 0) is 35.7 Å². The molecule has 1 atom stereocenters. The second-order valence-electron chi connectivity index (χ2n) is 6.71. The molecule has 0 aliphatic heterocycles. The molecule has 0 aromatic heterocycles. The van der Waals surface area contributed by atoms with Gasteiger partial charge in [0.25, 0.3) is 0 Å². The van der Waals surface area contributed by atoms with Crippen LogP contribution in [0.25, 0.3) is 11.1 Å². The fourth-order valence-electron chi connectivity index (χ4n) is 3.05. The Morgan fingerprint density at radius 3 is 2.24 bits per heavy atom. The molecule has 0 fully saturated rings. The van der Waals surface area contributed by atoms with E-state index in [0.717, 1.165) is 5.56 Å². The van der Waals surface area contributed by atoms with Crippen molar-refractivity contribution in [2.75, 3.05) is 26.1 Å². The fraction of sp³-hybridized carbons (Fsp3) is 0.208. The van der Waals surface area contributed by atoms with Crippen molar-refractivity contribution in [2.24, 2.45) is 0 Å². The Kier molecular flexibility index (Phi) is 6.87. The van der Waals surface area contributed by atoms with Crippen molar-refractivity contribution in [2.45, 2.75) is 13.0 Å². The molecular weight excluding hydrogens is 364 g/mol. The van der Waals surface area contributed by atoms with E-state index >= 15 is 0 Å². The molecule has 5 heteroatoms. The quantitative estimate of drug-likeness (QED) is 0.587. The second-order valence-corrected chi connectivity index (χ2v) is 6.71. The highest BCUT2D eigenvalue weighted by Gasteiger charge is 2.11. The van der Waals surface area contributed by atoms with Crippen LogP contribution in [-0.4, -0.2) is 26.7 Å². The minimum absolute atomic E-state index is 0.0448. The van der Waals surface area contributed by atoms with E-state index in [1.54, 1.807) is 32.4 Å². The summed E-state index contributed by atoms with van der Waals surface area (Å²) in [4.78, 5) is 12.3. The molecule has 0 aliphatic rings. The minimum Gasteiger partial charge on any atom is -0.497 e. The third kappa shape index (κ3) is 5.36. The van der Waals surface area contributed by atoms with Crippen molar-refractivity contribution in [1.29, 1.82) is 0 Å². The van der Waals surface area contributed by atoms with E-state index in [1.807, 2.05) is 25.1 Å². The topological polar surface area (TPSA) is 59.6 Å². The number of hydrogen-bond donors (Lipinski definition) is 2. The van der Waals surface area contributed by atoms with Gasteiger partial charge >= 0.3 is 0 Å². The van der Waals surface area contributed by atoms with Crippen LogP contribution >= 0.6 is 0 Å². The van der Waals surface area contributed by atoms with Crippen molar-refractivity contribution in [3.63, 3.8) is 0 Å². The molecule has 0 saturated carbocycles. The smallest absolute Gasteiger partial charge is 0.238 e. The molecule has 3 rings (SSSR count). The maximum absolute atomic E-state index is 12.3. The highest BCUT2D eigenvalue weighted by Crippen LogP contribution is 2.29. The van der Waals surface area contributed by atoms with Crippen LogP contribution in [0.2, 0.25) is 0 Å². The van der Waals surface area contributed by atoms with Crippen LogP contribution in [0.4, 0.5) is 5.69 Å². The van der Waals surface area contributed by atoms with Crippen LogP contribution in [-0.2, 0) is 4.79 Å². The summed E-state index contributed by atoms with van der Waals surface area (Å²) in [5.74, 6) is 1.09. The molecule has 0 unspecified atom stereocenters. The summed E-state index contributed by atoms with van der Waals surface area (Å²) in [5, 5.41) is 6.13. The van der Waals surface area contributed by atoms with Gasteiger partial charge in [-0.25, -0.2) is 0 Å². The number of hydrogen-bond acceptors (Lipinski definition) is 4. The molecule has 150 valence electrons. The number of carbonyl (C=O) groups excluding carboxylic acids is 1. The number of nitrogens with one attached hydrogen (secondary N) is 2. The van der Waals surface area contributed by atoms with E-state index < -0.39 is 0 Å². The average Bonchev–Trinajstić information content (AvgIpc) is 2.78. The Balaban J connectivity index is 1.56. The van der Waals surface area contributed by atoms with Crippen LogP contribution in [0.5, 0.6) is 11.5 Å². The molecule has 29 heavy (non-hydrogen) atoms. The van der Waals surface area contributed by atoms with E-state index in [0.29, 0.717) is 17.2 Å². The van der Waals surface area contributed by atoms with Gasteiger partial charge in [0.05, 0.1) is 26.5 Å². The number of amides is 1. The predicted octanol–water partition coefficient (Wildman–Crippen LogP) is 4.66. The lowest BCUT2D eigenvalue weighted by molar-refractivity contribution is -0.115. The maximum Gasteiger partial charge on any atom is 0.238 e. The Morgan fingerprint density at radius 2 is 1.59 bits per heavy atom. The number of methoxy groups -OCH3 is 2. The monoisotopic (exact) mass is 390 g/mol.